The average molecular weight is 325 g/mol. The molecular weight excluding hydrogens is 298 g/mol. The molecule has 0 aliphatic carbocycles. The van der Waals surface area contributed by atoms with Crippen LogP contribution in [0.15, 0.2) is 61.1 Å². The maximum absolute atomic E-state index is 9.09. The van der Waals surface area contributed by atoms with E-state index in [1.54, 1.807) is 17.1 Å². The van der Waals surface area contributed by atoms with Crippen molar-refractivity contribution < 1.29 is 5.11 Å². The molecular formula is C20H27N3O. The van der Waals surface area contributed by atoms with Crippen LogP contribution in [0.4, 0.5) is 0 Å². The molecule has 2 heterocycles. The summed E-state index contributed by atoms with van der Waals surface area (Å²) in [5, 5.41) is 13.7. The summed E-state index contributed by atoms with van der Waals surface area (Å²) in [4.78, 5) is 4.04. The van der Waals surface area contributed by atoms with Gasteiger partial charge >= 0.3 is 0 Å². The molecule has 0 aliphatic rings. The summed E-state index contributed by atoms with van der Waals surface area (Å²) in [7, 11) is 0. The normalized spacial score (nSPS) is 9.38. The van der Waals surface area contributed by atoms with Gasteiger partial charge < -0.3 is 5.11 Å². The summed E-state index contributed by atoms with van der Waals surface area (Å²) >= 11 is 0. The smallest absolute Gasteiger partial charge is 0.100 e. The van der Waals surface area contributed by atoms with Crippen molar-refractivity contribution in [3.63, 3.8) is 0 Å². The average Bonchev–Trinajstić information content (AvgIpc) is 3.11. The number of aromatic nitrogens is 3. The number of aliphatic hydroxyl groups excluding tert-OH is 1. The second-order valence-electron chi connectivity index (χ2n) is 4.48. The van der Waals surface area contributed by atoms with Crippen molar-refractivity contribution in [3.8, 4) is 22.4 Å². The predicted octanol–water partition coefficient (Wildman–Crippen LogP) is 4.66. The van der Waals surface area contributed by atoms with Gasteiger partial charge in [-0.25, -0.2) is 0 Å². The largest absolute Gasteiger partial charge is 0.394 e. The fourth-order valence-electron chi connectivity index (χ4n) is 2.19. The fourth-order valence-corrected chi connectivity index (χ4v) is 2.19. The van der Waals surface area contributed by atoms with Crippen molar-refractivity contribution in [1.29, 1.82) is 0 Å². The molecule has 0 spiro atoms. The van der Waals surface area contributed by atoms with Gasteiger partial charge in [0.15, 0.2) is 0 Å². The van der Waals surface area contributed by atoms with Gasteiger partial charge in [-0.2, -0.15) is 5.10 Å². The molecule has 0 fully saturated rings. The molecule has 4 heteroatoms. The minimum atomic E-state index is 0.0751. The van der Waals surface area contributed by atoms with E-state index in [4.69, 9.17) is 5.11 Å². The van der Waals surface area contributed by atoms with Crippen LogP contribution >= 0.6 is 0 Å². The summed E-state index contributed by atoms with van der Waals surface area (Å²) in [6.45, 7) is 8.57. The quantitative estimate of drug-likeness (QED) is 0.759. The Kier molecular flexibility index (Phi) is 9.09. The molecule has 0 bridgehead atoms. The number of hydrogen-bond acceptors (Lipinski definition) is 3. The number of benzene rings is 1. The van der Waals surface area contributed by atoms with Gasteiger partial charge in [-0.3, -0.25) is 9.67 Å². The Bertz CT molecular complexity index is 622. The molecule has 0 atom stereocenters. The van der Waals surface area contributed by atoms with Crippen LogP contribution in [0.5, 0.6) is 0 Å². The molecule has 24 heavy (non-hydrogen) atoms. The number of aliphatic hydroxyl groups is 1. The lowest BCUT2D eigenvalue weighted by Crippen LogP contribution is -2.02. The Hall–Kier alpha value is -2.46. The Labute approximate surface area is 144 Å². The van der Waals surface area contributed by atoms with Crippen LogP contribution in [-0.4, -0.2) is 26.5 Å². The van der Waals surface area contributed by atoms with Crippen LogP contribution in [-0.2, 0) is 6.54 Å². The highest BCUT2D eigenvalue weighted by Crippen LogP contribution is 2.30. The van der Waals surface area contributed by atoms with Crippen LogP contribution in [0.25, 0.3) is 22.4 Å². The lowest BCUT2D eigenvalue weighted by molar-refractivity contribution is 0.269. The lowest BCUT2D eigenvalue weighted by Gasteiger charge is -2.01. The van der Waals surface area contributed by atoms with E-state index in [1.165, 1.54) is 0 Å². The Morgan fingerprint density at radius 3 is 2.08 bits per heavy atom. The zero-order valence-corrected chi connectivity index (χ0v) is 15.0. The molecule has 3 aromatic rings. The molecule has 128 valence electrons. The summed E-state index contributed by atoms with van der Waals surface area (Å²) in [5.74, 6) is 0. The van der Waals surface area contributed by atoms with E-state index in [0.29, 0.717) is 6.54 Å². The molecule has 0 amide bonds. The van der Waals surface area contributed by atoms with Crippen LogP contribution in [0.2, 0.25) is 0 Å². The molecule has 0 saturated heterocycles. The topological polar surface area (TPSA) is 50.9 Å². The van der Waals surface area contributed by atoms with E-state index in [-0.39, 0.29) is 6.61 Å². The lowest BCUT2D eigenvalue weighted by atomic mass is 10.0. The first-order valence-corrected chi connectivity index (χ1v) is 8.52. The first-order valence-electron chi connectivity index (χ1n) is 8.52. The summed E-state index contributed by atoms with van der Waals surface area (Å²) in [6.07, 6.45) is 5.49. The Morgan fingerprint density at radius 1 is 0.875 bits per heavy atom. The van der Waals surface area contributed by atoms with Crippen LogP contribution < -0.4 is 0 Å². The SMILES string of the molecule is CC.CC.OCCn1cc(-c2ccccc2)c(-c2ccncc2)n1. The van der Waals surface area contributed by atoms with Crippen LogP contribution in [0.1, 0.15) is 27.7 Å². The fraction of sp³-hybridized carbons (Fsp3) is 0.300. The number of hydrogen-bond donors (Lipinski definition) is 1. The highest BCUT2D eigenvalue weighted by atomic mass is 16.3. The molecule has 2 aromatic heterocycles. The van der Waals surface area contributed by atoms with E-state index in [9.17, 15) is 0 Å². The highest BCUT2D eigenvalue weighted by Gasteiger charge is 2.12. The molecule has 0 unspecified atom stereocenters. The van der Waals surface area contributed by atoms with Crippen molar-refractivity contribution >= 4 is 0 Å². The molecule has 3 rings (SSSR count). The van der Waals surface area contributed by atoms with Crippen molar-refractivity contribution in [2.75, 3.05) is 6.61 Å². The summed E-state index contributed by atoms with van der Waals surface area (Å²) in [6, 6.07) is 14.0. The summed E-state index contributed by atoms with van der Waals surface area (Å²) in [5.41, 5.74) is 4.11. The first kappa shape index (κ1) is 19.6. The molecule has 0 aliphatic heterocycles. The van der Waals surface area contributed by atoms with Crippen molar-refractivity contribution in [1.82, 2.24) is 14.8 Å². The highest BCUT2D eigenvalue weighted by molar-refractivity contribution is 5.80. The molecule has 0 radical (unpaired) electrons. The van der Waals surface area contributed by atoms with E-state index in [0.717, 1.165) is 22.4 Å². The third kappa shape index (κ3) is 5.03. The number of rotatable bonds is 4. The van der Waals surface area contributed by atoms with E-state index in [2.05, 4.69) is 22.2 Å². The zero-order valence-electron chi connectivity index (χ0n) is 15.0. The van der Waals surface area contributed by atoms with Crippen molar-refractivity contribution in [2.45, 2.75) is 34.2 Å². The van der Waals surface area contributed by atoms with Gasteiger partial charge in [-0.1, -0.05) is 58.0 Å². The van der Waals surface area contributed by atoms with Gasteiger partial charge in [0, 0.05) is 29.7 Å². The number of pyridine rings is 1. The maximum Gasteiger partial charge on any atom is 0.100 e. The molecule has 1 aromatic carbocycles. The minimum absolute atomic E-state index is 0.0751. The third-order valence-corrected chi connectivity index (χ3v) is 3.13. The van der Waals surface area contributed by atoms with E-state index >= 15 is 0 Å². The monoisotopic (exact) mass is 325 g/mol. The van der Waals surface area contributed by atoms with Crippen molar-refractivity contribution in [3.05, 3.63) is 61.1 Å². The number of nitrogens with zero attached hydrogens (tertiary/aromatic N) is 3. The minimum Gasteiger partial charge on any atom is -0.394 e. The van der Waals surface area contributed by atoms with Gasteiger partial charge in [-0.05, 0) is 17.7 Å². The van der Waals surface area contributed by atoms with Crippen LogP contribution in [0, 0.1) is 0 Å². The third-order valence-electron chi connectivity index (χ3n) is 3.13. The van der Waals surface area contributed by atoms with Gasteiger partial charge in [0.25, 0.3) is 0 Å². The van der Waals surface area contributed by atoms with Gasteiger partial charge in [0.1, 0.15) is 5.69 Å². The predicted molar refractivity (Wildman–Crippen MR) is 101 cm³/mol. The molecule has 4 nitrogen and oxygen atoms in total. The Morgan fingerprint density at radius 2 is 1.50 bits per heavy atom. The van der Waals surface area contributed by atoms with Crippen molar-refractivity contribution in [2.24, 2.45) is 0 Å². The Balaban J connectivity index is 0.000000671. The van der Waals surface area contributed by atoms with E-state index < -0.39 is 0 Å². The standard InChI is InChI=1S/C16H15N3O.2C2H6/c20-11-10-19-12-15(13-4-2-1-3-5-13)16(18-19)14-6-8-17-9-7-14;2*1-2/h1-9,12,20H,10-11H2;2*1-2H3. The second-order valence-corrected chi connectivity index (χ2v) is 4.48. The van der Waals surface area contributed by atoms with E-state index in [1.807, 2.05) is 64.2 Å². The molecule has 0 saturated carbocycles. The van der Waals surface area contributed by atoms with Gasteiger partial charge in [0.05, 0.1) is 13.2 Å². The first-order chi connectivity index (χ1) is 11.9. The zero-order chi connectivity index (χ0) is 17.8. The second kappa shape index (κ2) is 11.1. The summed E-state index contributed by atoms with van der Waals surface area (Å²) < 4.78 is 1.78. The van der Waals surface area contributed by atoms with Gasteiger partial charge in [0.2, 0.25) is 0 Å². The van der Waals surface area contributed by atoms with Crippen LogP contribution in [0.3, 0.4) is 0 Å². The van der Waals surface area contributed by atoms with Gasteiger partial charge in [-0.15, -0.1) is 0 Å². The molecule has 1 N–H and O–H groups in total. The maximum atomic E-state index is 9.09.